The molecule has 0 N–H and O–H groups in total. The van der Waals surface area contributed by atoms with Gasteiger partial charge < -0.3 is 4.90 Å². The molecule has 0 saturated carbocycles. The maximum Gasteiger partial charge on any atom is 0.227 e. The minimum atomic E-state index is -0.409. The summed E-state index contributed by atoms with van der Waals surface area (Å²) >= 11 is 0. The largest absolute Gasteiger partial charge is 0.329 e. The number of nitriles is 1. The number of benzene rings is 1. The Labute approximate surface area is 113 Å². The van der Waals surface area contributed by atoms with Crippen LogP contribution in [0.25, 0.3) is 0 Å². The Hall–Kier alpha value is -1.89. The first-order valence-corrected chi connectivity index (χ1v) is 6.33. The number of halogens is 1. The van der Waals surface area contributed by atoms with Gasteiger partial charge in [-0.25, -0.2) is 4.39 Å². The van der Waals surface area contributed by atoms with Crippen molar-refractivity contribution in [1.29, 1.82) is 5.26 Å². The number of hydrogen-bond acceptors (Lipinski definition) is 2. The second-order valence-corrected chi connectivity index (χ2v) is 5.08. The van der Waals surface area contributed by atoms with Crippen molar-refractivity contribution in [2.45, 2.75) is 32.7 Å². The third-order valence-electron chi connectivity index (χ3n) is 2.97. The van der Waals surface area contributed by atoms with Gasteiger partial charge in [-0.2, -0.15) is 5.26 Å². The summed E-state index contributed by atoms with van der Waals surface area (Å²) in [5.74, 6) is -0.0937. The van der Waals surface area contributed by atoms with Crippen molar-refractivity contribution in [3.05, 3.63) is 35.6 Å². The van der Waals surface area contributed by atoms with Crippen LogP contribution in [0.2, 0.25) is 0 Å². The van der Waals surface area contributed by atoms with Gasteiger partial charge >= 0.3 is 0 Å². The Morgan fingerprint density at radius 3 is 2.42 bits per heavy atom. The molecular formula is C15H19FN2O. The quantitative estimate of drug-likeness (QED) is 0.819. The van der Waals surface area contributed by atoms with Gasteiger partial charge in [-0.3, -0.25) is 4.79 Å². The Bertz CT molecular complexity index is 462. The molecule has 0 radical (unpaired) electrons. The summed E-state index contributed by atoms with van der Waals surface area (Å²) in [6.07, 6.45) is 0.842. The summed E-state index contributed by atoms with van der Waals surface area (Å²) in [7, 11) is 1.64. The first-order valence-electron chi connectivity index (χ1n) is 6.33. The van der Waals surface area contributed by atoms with Crippen LogP contribution in [0.1, 0.15) is 25.8 Å². The minimum absolute atomic E-state index is 0.126. The number of rotatable bonds is 5. The summed E-state index contributed by atoms with van der Waals surface area (Å²) in [5, 5.41) is 9.10. The predicted octanol–water partition coefficient (Wildman–Crippen LogP) is 2.76. The molecule has 0 bridgehead atoms. The molecule has 19 heavy (non-hydrogen) atoms. The van der Waals surface area contributed by atoms with Gasteiger partial charge in [0.05, 0.1) is 12.5 Å². The van der Waals surface area contributed by atoms with Gasteiger partial charge in [-0.15, -0.1) is 0 Å². The lowest BCUT2D eigenvalue weighted by Crippen LogP contribution is -2.37. The van der Waals surface area contributed by atoms with Crippen LogP contribution in [-0.4, -0.2) is 23.9 Å². The van der Waals surface area contributed by atoms with E-state index in [9.17, 15) is 9.18 Å². The molecule has 0 aliphatic heterocycles. The van der Waals surface area contributed by atoms with E-state index in [2.05, 4.69) is 6.07 Å². The highest BCUT2D eigenvalue weighted by Crippen LogP contribution is 2.12. The van der Waals surface area contributed by atoms with E-state index in [1.54, 1.807) is 19.2 Å². The molecule has 102 valence electrons. The number of amides is 1. The van der Waals surface area contributed by atoms with Crippen molar-refractivity contribution >= 4 is 5.91 Å². The molecule has 0 aliphatic rings. The number of hydrogen-bond donors (Lipinski definition) is 0. The molecule has 0 spiro atoms. The average molecular weight is 262 g/mol. The van der Waals surface area contributed by atoms with E-state index in [4.69, 9.17) is 5.26 Å². The third kappa shape index (κ3) is 4.70. The van der Waals surface area contributed by atoms with Gasteiger partial charge in [0.1, 0.15) is 11.9 Å². The first kappa shape index (κ1) is 15.2. The Morgan fingerprint density at radius 1 is 1.37 bits per heavy atom. The third-order valence-corrected chi connectivity index (χ3v) is 2.97. The van der Waals surface area contributed by atoms with Crippen LogP contribution in [0.4, 0.5) is 4.39 Å². The van der Waals surface area contributed by atoms with E-state index in [-0.39, 0.29) is 18.1 Å². The number of carbonyl (C=O) groups excluding carboxylic acids is 1. The van der Waals surface area contributed by atoms with Gasteiger partial charge in [-0.1, -0.05) is 26.0 Å². The highest BCUT2D eigenvalue weighted by atomic mass is 19.1. The topological polar surface area (TPSA) is 44.1 Å². The molecule has 1 amide bonds. The minimum Gasteiger partial charge on any atom is -0.329 e. The van der Waals surface area contributed by atoms with Crippen molar-refractivity contribution < 1.29 is 9.18 Å². The van der Waals surface area contributed by atoms with E-state index < -0.39 is 6.04 Å². The van der Waals surface area contributed by atoms with Crippen LogP contribution < -0.4 is 0 Å². The van der Waals surface area contributed by atoms with E-state index in [0.29, 0.717) is 12.3 Å². The maximum absolute atomic E-state index is 12.8. The lowest BCUT2D eigenvalue weighted by atomic mass is 10.0. The molecule has 1 unspecified atom stereocenters. The lowest BCUT2D eigenvalue weighted by molar-refractivity contribution is -0.130. The number of carbonyl (C=O) groups is 1. The zero-order valence-electron chi connectivity index (χ0n) is 11.6. The second kappa shape index (κ2) is 6.89. The standard InChI is InChI=1S/C15H19FN2O/c1-11(2)8-14(10-17)18(3)15(19)9-12-4-6-13(16)7-5-12/h4-7,11,14H,8-9H2,1-3H3. The Kier molecular flexibility index (Phi) is 5.50. The molecule has 3 nitrogen and oxygen atoms in total. The van der Waals surface area contributed by atoms with Crippen molar-refractivity contribution in [2.24, 2.45) is 5.92 Å². The highest BCUT2D eigenvalue weighted by molar-refractivity contribution is 5.79. The van der Waals surface area contributed by atoms with E-state index in [1.165, 1.54) is 17.0 Å². The van der Waals surface area contributed by atoms with Gasteiger partial charge in [0.25, 0.3) is 0 Å². The molecule has 1 aromatic rings. The fourth-order valence-electron chi connectivity index (χ4n) is 1.82. The Morgan fingerprint density at radius 2 is 1.95 bits per heavy atom. The Balaban J connectivity index is 2.66. The fraction of sp³-hybridized carbons (Fsp3) is 0.467. The molecular weight excluding hydrogens is 243 g/mol. The maximum atomic E-state index is 12.8. The number of nitrogens with zero attached hydrogens (tertiary/aromatic N) is 2. The van der Waals surface area contributed by atoms with Gasteiger partial charge in [-0.05, 0) is 30.0 Å². The first-order chi connectivity index (χ1) is 8.93. The zero-order valence-corrected chi connectivity index (χ0v) is 11.6. The smallest absolute Gasteiger partial charge is 0.227 e. The zero-order chi connectivity index (χ0) is 14.4. The van der Waals surface area contributed by atoms with Crippen molar-refractivity contribution in [3.63, 3.8) is 0 Å². The molecule has 1 rings (SSSR count). The molecule has 0 heterocycles. The normalized spacial score (nSPS) is 12.0. The molecule has 1 atom stereocenters. The van der Waals surface area contributed by atoms with Crippen molar-refractivity contribution in [2.75, 3.05) is 7.05 Å². The van der Waals surface area contributed by atoms with Crippen LogP contribution in [0.5, 0.6) is 0 Å². The van der Waals surface area contributed by atoms with Gasteiger partial charge in [0.2, 0.25) is 5.91 Å². The molecule has 0 aromatic heterocycles. The van der Waals surface area contributed by atoms with Gasteiger partial charge in [0, 0.05) is 7.05 Å². The second-order valence-electron chi connectivity index (χ2n) is 5.08. The van der Waals surface area contributed by atoms with Crippen LogP contribution >= 0.6 is 0 Å². The summed E-state index contributed by atoms with van der Waals surface area (Å²) < 4.78 is 12.8. The molecule has 0 fully saturated rings. The summed E-state index contributed by atoms with van der Waals surface area (Å²) in [6, 6.07) is 7.58. The summed E-state index contributed by atoms with van der Waals surface area (Å²) in [5.41, 5.74) is 0.750. The highest BCUT2D eigenvalue weighted by Gasteiger charge is 2.20. The van der Waals surface area contributed by atoms with E-state index in [0.717, 1.165) is 5.56 Å². The van der Waals surface area contributed by atoms with Crippen LogP contribution in [0, 0.1) is 23.1 Å². The predicted molar refractivity (Wildman–Crippen MR) is 71.7 cm³/mol. The van der Waals surface area contributed by atoms with Crippen LogP contribution in [-0.2, 0) is 11.2 Å². The number of likely N-dealkylation sites (N-methyl/N-ethyl adjacent to an activating group) is 1. The van der Waals surface area contributed by atoms with Crippen molar-refractivity contribution in [1.82, 2.24) is 4.90 Å². The lowest BCUT2D eigenvalue weighted by Gasteiger charge is -2.24. The van der Waals surface area contributed by atoms with Crippen LogP contribution in [0.3, 0.4) is 0 Å². The molecule has 0 aliphatic carbocycles. The summed E-state index contributed by atoms with van der Waals surface area (Å²) in [6.45, 7) is 4.03. The average Bonchev–Trinajstić information content (AvgIpc) is 2.37. The SMILES string of the molecule is CC(C)CC(C#N)N(C)C(=O)Cc1ccc(F)cc1. The monoisotopic (exact) mass is 262 g/mol. The van der Waals surface area contributed by atoms with Gasteiger partial charge in [0.15, 0.2) is 0 Å². The fourth-order valence-corrected chi connectivity index (χ4v) is 1.82. The molecule has 4 heteroatoms. The van der Waals surface area contributed by atoms with E-state index >= 15 is 0 Å². The van der Waals surface area contributed by atoms with E-state index in [1.807, 2.05) is 13.8 Å². The summed E-state index contributed by atoms with van der Waals surface area (Å²) in [4.78, 5) is 13.5. The van der Waals surface area contributed by atoms with Crippen molar-refractivity contribution in [3.8, 4) is 6.07 Å². The molecule has 1 aromatic carbocycles. The molecule has 0 saturated heterocycles. The van der Waals surface area contributed by atoms with Crippen LogP contribution in [0.15, 0.2) is 24.3 Å².